The van der Waals surface area contributed by atoms with Crippen LogP contribution in [0.25, 0.3) is 0 Å². The highest BCUT2D eigenvalue weighted by Crippen LogP contribution is 2.28. The van der Waals surface area contributed by atoms with E-state index >= 15 is 0 Å². The van der Waals surface area contributed by atoms with Gasteiger partial charge in [-0.25, -0.2) is 19.2 Å². The fourth-order valence-corrected chi connectivity index (χ4v) is 5.32. The van der Waals surface area contributed by atoms with Crippen molar-refractivity contribution in [1.82, 2.24) is 25.1 Å². The van der Waals surface area contributed by atoms with E-state index in [-0.39, 0.29) is 23.9 Å². The number of benzene rings is 1. The van der Waals surface area contributed by atoms with E-state index in [0.717, 1.165) is 44.5 Å². The molecule has 2 saturated heterocycles. The molecule has 2 aliphatic rings. The van der Waals surface area contributed by atoms with Crippen LogP contribution in [0.4, 0.5) is 28.0 Å². The minimum absolute atomic E-state index is 0.114. The minimum atomic E-state index is -4.57. The van der Waals surface area contributed by atoms with E-state index in [1.165, 1.54) is 24.5 Å². The summed E-state index contributed by atoms with van der Waals surface area (Å²) < 4.78 is 51.4. The number of piperazine rings is 1. The first kappa shape index (κ1) is 27.1. The number of amides is 2. The van der Waals surface area contributed by atoms with Crippen LogP contribution in [0.5, 0.6) is 0 Å². The maximum absolute atomic E-state index is 13.1. The van der Waals surface area contributed by atoms with Crippen molar-refractivity contribution in [3.8, 4) is 0 Å². The number of anilines is 1. The van der Waals surface area contributed by atoms with Crippen LogP contribution in [0.3, 0.4) is 0 Å². The Kier molecular flexibility index (Phi) is 8.51. The van der Waals surface area contributed by atoms with Crippen LogP contribution in [-0.2, 0) is 12.7 Å². The molecular weight excluding hydrogens is 488 g/mol. The average molecular weight is 523 g/mol. The van der Waals surface area contributed by atoms with Gasteiger partial charge in [0, 0.05) is 38.3 Å². The molecule has 0 radical (unpaired) electrons. The van der Waals surface area contributed by atoms with Gasteiger partial charge >= 0.3 is 12.2 Å². The van der Waals surface area contributed by atoms with Crippen LogP contribution in [0.1, 0.15) is 44.5 Å². The maximum Gasteiger partial charge on any atom is 0.451 e. The van der Waals surface area contributed by atoms with E-state index in [0.29, 0.717) is 31.2 Å². The zero-order valence-corrected chi connectivity index (χ0v) is 21.2. The number of nitrogens with one attached hydrogen (secondary N) is 1. The summed E-state index contributed by atoms with van der Waals surface area (Å²) in [5.74, 6) is -0.825. The second-order valence-corrected chi connectivity index (χ2v) is 10.1. The first-order valence-electron chi connectivity index (χ1n) is 12.8. The lowest BCUT2D eigenvalue weighted by Crippen LogP contribution is -2.61. The second kappa shape index (κ2) is 11.6. The first-order valence-corrected chi connectivity index (χ1v) is 12.8. The number of rotatable bonds is 6. The van der Waals surface area contributed by atoms with E-state index in [1.54, 1.807) is 0 Å². The van der Waals surface area contributed by atoms with Crippen molar-refractivity contribution < 1.29 is 22.4 Å². The molecule has 37 heavy (non-hydrogen) atoms. The van der Waals surface area contributed by atoms with Gasteiger partial charge in [-0.2, -0.15) is 13.2 Å². The zero-order chi connectivity index (χ0) is 26.6. The minimum Gasteiger partial charge on any atom is -0.365 e. The summed E-state index contributed by atoms with van der Waals surface area (Å²) in [6.45, 7) is 8.24. The number of halogens is 4. The van der Waals surface area contributed by atoms with Crippen molar-refractivity contribution >= 4 is 11.7 Å². The molecule has 2 atom stereocenters. The molecule has 3 heterocycles. The summed E-state index contributed by atoms with van der Waals surface area (Å²) in [6.07, 6.45) is 0.861. The van der Waals surface area contributed by atoms with Crippen molar-refractivity contribution in [3.63, 3.8) is 0 Å². The molecule has 7 nitrogen and oxygen atoms in total. The predicted octanol–water partition coefficient (Wildman–Crippen LogP) is 4.55. The van der Waals surface area contributed by atoms with E-state index < -0.39 is 12.0 Å². The van der Waals surface area contributed by atoms with E-state index in [4.69, 9.17) is 0 Å². The van der Waals surface area contributed by atoms with Crippen molar-refractivity contribution in [2.45, 2.75) is 57.9 Å². The summed E-state index contributed by atoms with van der Waals surface area (Å²) in [5.41, 5.74) is 1.62. The van der Waals surface area contributed by atoms with Crippen LogP contribution >= 0.6 is 0 Å². The molecule has 0 saturated carbocycles. The maximum atomic E-state index is 13.1. The number of aromatic nitrogens is 2. The molecule has 0 aliphatic carbocycles. The summed E-state index contributed by atoms with van der Waals surface area (Å²) in [6, 6.07) is 6.29. The monoisotopic (exact) mass is 522 g/mol. The van der Waals surface area contributed by atoms with Crippen molar-refractivity contribution in [2.24, 2.45) is 5.92 Å². The third kappa shape index (κ3) is 7.09. The topological polar surface area (TPSA) is 64.6 Å². The summed E-state index contributed by atoms with van der Waals surface area (Å²) >= 11 is 0. The molecule has 1 aromatic carbocycles. The summed E-state index contributed by atoms with van der Waals surface area (Å²) in [7, 11) is 0. The van der Waals surface area contributed by atoms with Gasteiger partial charge in [0.15, 0.2) is 0 Å². The molecule has 2 amide bonds. The number of hydrogen-bond donors (Lipinski definition) is 1. The van der Waals surface area contributed by atoms with Crippen molar-refractivity contribution in [1.29, 1.82) is 0 Å². The molecular formula is C26H34F4N6O. The van der Waals surface area contributed by atoms with Gasteiger partial charge in [0.25, 0.3) is 0 Å². The lowest BCUT2D eigenvalue weighted by Gasteiger charge is -2.45. The number of nitrogens with zero attached hydrogens (tertiary/aromatic N) is 5. The molecule has 2 aromatic rings. The summed E-state index contributed by atoms with van der Waals surface area (Å²) in [5, 5.41) is 3.07. The van der Waals surface area contributed by atoms with Gasteiger partial charge < -0.3 is 15.1 Å². The second-order valence-electron chi connectivity index (χ2n) is 10.1. The highest BCUT2D eigenvalue weighted by Gasteiger charge is 2.36. The third-order valence-corrected chi connectivity index (χ3v) is 7.27. The average Bonchev–Trinajstić information content (AvgIpc) is 2.85. The zero-order valence-electron chi connectivity index (χ0n) is 21.2. The fraction of sp³-hybridized carbons (Fsp3) is 0.577. The smallest absolute Gasteiger partial charge is 0.365 e. The Morgan fingerprint density at radius 2 is 1.62 bits per heavy atom. The molecule has 1 N–H and O–H groups in total. The van der Waals surface area contributed by atoms with Crippen LogP contribution in [0.2, 0.25) is 0 Å². The number of hydrogen-bond acceptors (Lipinski definition) is 5. The van der Waals surface area contributed by atoms with Crippen molar-refractivity contribution in [3.05, 3.63) is 53.9 Å². The highest BCUT2D eigenvalue weighted by atomic mass is 19.4. The number of piperidine rings is 1. The SMILES string of the molecule is C[C@@H]1CN(c2cnc(C(F)(F)F)nc2)C[C@H](C)N1C(=O)NCCC1CCN(Cc2ccc(F)cc2)CC1. The Hall–Kier alpha value is -2.95. The number of alkyl halides is 3. The Morgan fingerprint density at radius 3 is 2.19 bits per heavy atom. The van der Waals surface area contributed by atoms with Crippen LogP contribution in [0, 0.1) is 11.7 Å². The molecule has 0 bridgehead atoms. The van der Waals surface area contributed by atoms with Crippen molar-refractivity contribution in [2.75, 3.05) is 37.6 Å². The first-order chi connectivity index (χ1) is 17.6. The quantitative estimate of drug-likeness (QED) is 0.565. The van der Waals surface area contributed by atoms with Gasteiger partial charge in [-0.1, -0.05) is 12.1 Å². The van der Waals surface area contributed by atoms with E-state index in [9.17, 15) is 22.4 Å². The van der Waals surface area contributed by atoms with Gasteiger partial charge in [-0.05, 0) is 69.8 Å². The molecule has 202 valence electrons. The molecule has 0 unspecified atom stereocenters. The number of likely N-dealkylation sites (tertiary alicyclic amines) is 1. The van der Waals surface area contributed by atoms with Gasteiger partial charge in [0.2, 0.25) is 5.82 Å². The molecule has 2 aliphatic heterocycles. The summed E-state index contributed by atoms with van der Waals surface area (Å²) in [4.78, 5) is 26.0. The lowest BCUT2D eigenvalue weighted by atomic mass is 9.93. The van der Waals surface area contributed by atoms with Crippen LogP contribution in [0.15, 0.2) is 36.7 Å². The third-order valence-electron chi connectivity index (χ3n) is 7.27. The largest absolute Gasteiger partial charge is 0.451 e. The Balaban J connectivity index is 1.19. The van der Waals surface area contributed by atoms with E-state index in [2.05, 4.69) is 20.2 Å². The fourth-order valence-electron chi connectivity index (χ4n) is 5.32. The molecule has 4 rings (SSSR count). The highest BCUT2D eigenvalue weighted by molar-refractivity contribution is 5.75. The van der Waals surface area contributed by atoms with Crippen LogP contribution in [-0.4, -0.2) is 70.6 Å². The normalized spacial score (nSPS) is 21.8. The van der Waals surface area contributed by atoms with Gasteiger partial charge in [-0.3, -0.25) is 4.90 Å². The van der Waals surface area contributed by atoms with Crippen LogP contribution < -0.4 is 10.2 Å². The molecule has 2 fully saturated rings. The van der Waals surface area contributed by atoms with Gasteiger partial charge in [-0.15, -0.1) is 0 Å². The van der Waals surface area contributed by atoms with Gasteiger partial charge in [0.05, 0.1) is 18.1 Å². The Labute approximate surface area is 214 Å². The van der Waals surface area contributed by atoms with E-state index in [1.807, 2.05) is 35.8 Å². The number of carbonyl (C=O) groups excluding carboxylic acids is 1. The predicted molar refractivity (Wildman–Crippen MR) is 132 cm³/mol. The standard InChI is InChI=1S/C26H34F4N6O/c1-18-15-35(23-13-32-24(33-14-23)26(28,29)30)16-19(2)36(18)25(37)31-10-7-20-8-11-34(12-9-20)17-21-3-5-22(27)6-4-21/h3-6,13-14,18-20H,7-12,15-17H2,1-2H3,(H,31,37)/t18-,19+. The number of carbonyl (C=O) groups is 1. The Bertz CT molecular complexity index is 1010. The number of urea groups is 1. The molecule has 0 spiro atoms. The van der Waals surface area contributed by atoms with Gasteiger partial charge in [0.1, 0.15) is 5.82 Å². The molecule has 1 aromatic heterocycles. The lowest BCUT2D eigenvalue weighted by molar-refractivity contribution is -0.145. The Morgan fingerprint density at radius 1 is 1.03 bits per heavy atom. The molecule has 11 heteroatoms.